The first-order valence-electron chi connectivity index (χ1n) is 10.0. The van der Waals surface area contributed by atoms with Gasteiger partial charge in [-0.1, -0.05) is 39.0 Å². The van der Waals surface area contributed by atoms with Crippen LogP contribution in [-0.4, -0.2) is 48.5 Å². The van der Waals surface area contributed by atoms with E-state index in [1.807, 2.05) is 18.3 Å². The maximum atomic E-state index is 12.7. The Balaban J connectivity index is 1.70. The van der Waals surface area contributed by atoms with Crippen molar-refractivity contribution < 1.29 is 4.79 Å². The van der Waals surface area contributed by atoms with Crippen molar-refractivity contribution in [1.29, 1.82) is 0 Å². The van der Waals surface area contributed by atoms with E-state index in [1.165, 1.54) is 0 Å². The van der Waals surface area contributed by atoms with Crippen molar-refractivity contribution in [3.05, 3.63) is 53.3 Å². The van der Waals surface area contributed by atoms with E-state index in [4.69, 9.17) is 0 Å². The van der Waals surface area contributed by atoms with Crippen LogP contribution in [0.5, 0.6) is 0 Å². The normalized spacial score (nSPS) is 15.0. The summed E-state index contributed by atoms with van der Waals surface area (Å²) in [5.74, 6) is -0.145. The molecule has 5 nitrogen and oxygen atoms in total. The number of nitrogens with one attached hydrogen (secondary N) is 1. The highest BCUT2D eigenvalue weighted by Crippen LogP contribution is 2.23. The minimum atomic E-state index is -0.145. The molecule has 0 spiro atoms. The van der Waals surface area contributed by atoms with Gasteiger partial charge in [-0.15, -0.1) is 0 Å². The zero-order valence-electron chi connectivity index (χ0n) is 16.7. The number of carbonyl (C=O) groups is 1. The van der Waals surface area contributed by atoms with Crippen LogP contribution in [0, 0.1) is 0 Å². The highest BCUT2D eigenvalue weighted by atomic mass is 16.1. The Hall–Kier alpha value is -2.40. The number of benzene rings is 1. The number of piperazine rings is 1. The summed E-state index contributed by atoms with van der Waals surface area (Å²) >= 11 is 0. The molecule has 5 heteroatoms. The number of likely N-dealkylation sites (N-methyl/N-ethyl adjacent to an activating group) is 1. The van der Waals surface area contributed by atoms with Gasteiger partial charge in [0.05, 0.1) is 11.9 Å². The predicted molar refractivity (Wildman–Crippen MR) is 112 cm³/mol. The van der Waals surface area contributed by atoms with Gasteiger partial charge in [0.15, 0.2) is 0 Å². The van der Waals surface area contributed by atoms with E-state index in [-0.39, 0.29) is 5.91 Å². The third-order valence-electron chi connectivity index (χ3n) is 5.40. The maximum absolute atomic E-state index is 12.7. The summed E-state index contributed by atoms with van der Waals surface area (Å²) < 4.78 is 0. The van der Waals surface area contributed by atoms with E-state index in [2.05, 4.69) is 59.1 Å². The molecular weight excluding hydrogens is 336 g/mol. The highest BCUT2D eigenvalue weighted by molar-refractivity contribution is 6.03. The van der Waals surface area contributed by atoms with Crippen LogP contribution in [0.1, 0.15) is 42.4 Å². The van der Waals surface area contributed by atoms with Gasteiger partial charge in [0.2, 0.25) is 0 Å². The van der Waals surface area contributed by atoms with Crippen LogP contribution in [0.2, 0.25) is 0 Å². The maximum Gasteiger partial charge on any atom is 0.274 e. The van der Waals surface area contributed by atoms with Crippen molar-refractivity contribution in [2.24, 2.45) is 0 Å². The Bertz CT molecular complexity index is 742. The molecule has 0 bridgehead atoms. The molecule has 27 heavy (non-hydrogen) atoms. The zero-order valence-corrected chi connectivity index (χ0v) is 16.7. The molecule has 0 atom stereocenters. The Morgan fingerprint density at radius 2 is 1.67 bits per heavy atom. The monoisotopic (exact) mass is 366 g/mol. The van der Waals surface area contributed by atoms with Crippen molar-refractivity contribution in [3.63, 3.8) is 0 Å². The summed E-state index contributed by atoms with van der Waals surface area (Å²) in [6.07, 6.45) is 3.60. The van der Waals surface area contributed by atoms with Crippen LogP contribution in [0.4, 0.5) is 11.4 Å². The van der Waals surface area contributed by atoms with Gasteiger partial charge < -0.3 is 15.1 Å². The second-order valence-electron chi connectivity index (χ2n) is 6.94. The average molecular weight is 367 g/mol. The summed E-state index contributed by atoms with van der Waals surface area (Å²) in [5.41, 5.74) is 4.81. The molecule has 0 radical (unpaired) electrons. The van der Waals surface area contributed by atoms with Crippen molar-refractivity contribution >= 4 is 17.3 Å². The molecule has 144 valence electrons. The van der Waals surface area contributed by atoms with Gasteiger partial charge in [-0.25, -0.2) is 4.98 Å². The summed E-state index contributed by atoms with van der Waals surface area (Å²) in [4.78, 5) is 21.9. The smallest absolute Gasteiger partial charge is 0.274 e. The van der Waals surface area contributed by atoms with E-state index in [1.54, 1.807) is 0 Å². The number of nitrogens with zero attached hydrogens (tertiary/aromatic N) is 3. The molecule has 0 saturated carbocycles. The lowest BCUT2D eigenvalue weighted by Crippen LogP contribution is -2.46. The summed E-state index contributed by atoms with van der Waals surface area (Å²) in [6, 6.07) is 10.0. The number of para-hydroxylation sites is 1. The molecule has 1 N–H and O–H groups in total. The fourth-order valence-corrected chi connectivity index (χ4v) is 3.61. The standard InChI is InChI=1S/C22H30N4O/c1-4-17-8-7-9-18(5-2)21(17)24-22(27)20-11-10-19(16-23-20)26-14-12-25(6-3)13-15-26/h7-11,16H,4-6,12-15H2,1-3H3,(H,24,27). The molecule has 1 aliphatic rings. The van der Waals surface area contributed by atoms with Gasteiger partial charge in [-0.2, -0.15) is 0 Å². The molecule has 0 aliphatic carbocycles. The topological polar surface area (TPSA) is 48.5 Å². The summed E-state index contributed by atoms with van der Waals surface area (Å²) in [6.45, 7) is 11.7. The molecule has 1 aliphatic heterocycles. The first-order chi connectivity index (χ1) is 13.2. The van der Waals surface area contributed by atoms with Crippen LogP contribution >= 0.6 is 0 Å². The van der Waals surface area contributed by atoms with E-state index in [0.717, 1.165) is 68.1 Å². The first kappa shape index (κ1) is 19.4. The van der Waals surface area contributed by atoms with Crippen molar-refractivity contribution in [2.75, 3.05) is 42.9 Å². The van der Waals surface area contributed by atoms with Gasteiger partial charge in [-0.05, 0) is 42.6 Å². The van der Waals surface area contributed by atoms with Crippen molar-refractivity contribution in [3.8, 4) is 0 Å². The highest BCUT2D eigenvalue weighted by Gasteiger charge is 2.17. The molecule has 3 rings (SSSR count). The SMILES string of the molecule is CCc1cccc(CC)c1NC(=O)c1ccc(N2CCN(CC)CC2)cn1. The lowest BCUT2D eigenvalue weighted by Gasteiger charge is -2.35. The van der Waals surface area contributed by atoms with Gasteiger partial charge in [-0.3, -0.25) is 4.79 Å². The minimum absolute atomic E-state index is 0.145. The van der Waals surface area contributed by atoms with Gasteiger partial charge >= 0.3 is 0 Å². The minimum Gasteiger partial charge on any atom is -0.368 e. The molecule has 1 saturated heterocycles. The van der Waals surface area contributed by atoms with Crippen LogP contribution in [0.15, 0.2) is 36.5 Å². The lowest BCUT2D eigenvalue weighted by atomic mass is 10.0. The number of aromatic nitrogens is 1. The number of amides is 1. The number of hydrogen-bond donors (Lipinski definition) is 1. The number of pyridine rings is 1. The summed E-state index contributed by atoms with van der Waals surface area (Å²) in [7, 11) is 0. The molecule has 1 aromatic heterocycles. The van der Waals surface area contributed by atoms with Crippen molar-refractivity contribution in [2.45, 2.75) is 33.6 Å². The molecule has 1 aromatic carbocycles. The van der Waals surface area contributed by atoms with Gasteiger partial charge in [0, 0.05) is 31.9 Å². The average Bonchev–Trinajstić information content (AvgIpc) is 2.74. The van der Waals surface area contributed by atoms with Gasteiger partial charge in [0.1, 0.15) is 5.69 Å². The van der Waals surface area contributed by atoms with E-state index in [0.29, 0.717) is 5.69 Å². The Morgan fingerprint density at radius 3 is 2.19 bits per heavy atom. The number of carbonyl (C=O) groups excluding carboxylic acids is 1. The first-order valence-corrected chi connectivity index (χ1v) is 10.0. The molecule has 2 aromatic rings. The van der Waals surface area contributed by atoms with E-state index in [9.17, 15) is 4.79 Å². The number of anilines is 2. The van der Waals surface area contributed by atoms with E-state index >= 15 is 0 Å². The third kappa shape index (κ3) is 4.48. The van der Waals surface area contributed by atoms with E-state index < -0.39 is 0 Å². The fraction of sp³-hybridized carbons (Fsp3) is 0.455. The Kier molecular flexibility index (Phi) is 6.45. The molecule has 0 unspecified atom stereocenters. The number of rotatable bonds is 6. The van der Waals surface area contributed by atoms with Crippen LogP contribution in [-0.2, 0) is 12.8 Å². The van der Waals surface area contributed by atoms with Crippen LogP contribution in [0.25, 0.3) is 0 Å². The largest absolute Gasteiger partial charge is 0.368 e. The van der Waals surface area contributed by atoms with Crippen LogP contribution < -0.4 is 10.2 Å². The fourth-order valence-electron chi connectivity index (χ4n) is 3.61. The second-order valence-corrected chi connectivity index (χ2v) is 6.94. The Morgan fingerprint density at radius 1 is 1.00 bits per heavy atom. The Labute approximate surface area is 162 Å². The van der Waals surface area contributed by atoms with Crippen molar-refractivity contribution in [1.82, 2.24) is 9.88 Å². The lowest BCUT2D eigenvalue weighted by molar-refractivity contribution is 0.102. The second kappa shape index (κ2) is 9.00. The van der Waals surface area contributed by atoms with Gasteiger partial charge in [0.25, 0.3) is 5.91 Å². The van der Waals surface area contributed by atoms with Crippen LogP contribution in [0.3, 0.4) is 0 Å². The molecule has 1 amide bonds. The molecule has 2 heterocycles. The predicted octanol–water partition coefficient (Wildman–Crippen LogP) is 3.60. The molecule has 1 fully saturated rings. The zero-order chi connectivity index (χ0) is 19.2. The quantitative estimate of drug-likeness (QED) is 0.849. The number of aryl methyl sites for hydroxylation is 2. The summed E-state index contributed by atoms with van der Waals surface area (Å²) in [5, 5.41) is 3.09. The number of hydrogen-bond acceptors (Lipinski definition) is 4. The third-order valence-corrected chi connectivity index (χ3v) is 5.40. The molecular formula is C22H30N4O.